The first-order valence-electron chi connectivity index (χ1n) is 10.3. The zero-order valence-electron chi connectivity index (χ0n) is 17.7. The van der Waals surface area contributed by atoms with Crippen LogP contribution >= 0.6 is 0 Å². The third-order valence-corrected chi connectivity index (χ3v) is 5.28. The smallest absolute Gasteiger partial charge is 0.248 e. The van der Waals surface area contributed by atoms with E-state index < -0.39 is 17.5 Å². The molecule has 0 aliphatic heterocycles. The molecular weight excluding hydrogens is 436 g/mol. The predicted octanol–water partition coefficient (Wildman–Crippen LogP) is 5.48. The number of carbonyl (C=O) groups is 1. The molecule has 0 fully saturated rings. The fourth-order valence-corrected chi connectivity index (χ4v) is 3.59. The third kappa shape index (κ3) is 4.16. The van der Waals surface area contributed by atoms with Crippen molar-refractivity contribution in [2.24, 2.45) is 5.73 Å². The second kappa shape index (κ2) is 8.67. The van der Waals surface area contributed by atoms with Crippen molar-refractivity contribution in [3.63, 3.8) is 0 Å². The number of rotatable bonds is 5. The molecule has 5 rings (SSSR count). The van der Waals surface area contributed by atoms with Gasteiger partial charge in [-0.1, -0.05) is 18.2 Å². The predicted molar refractivity (Wildman–Crippen MR) is 126 cm³/mol. The van der Waals surface area contributed by atoms with Crippen LogP contribution in [0.1, 0.15) is 10.4 Å². The second-order valence-corrected chi connectivity index (χ2v) is 7.57. The topological polar surface area (TPSA) is 93.8 Å². The molecule has 2 aromatic heterocycles. The van der Waals surface area contributed by atoms with E-state index in [1.807, 2.05) is 30.3 Å². The number of hydrogen-bond donors (Lipinski definition) is 2. The summed E-state index contributed by atoms with van der Waals surface area (Å²) in [4.78, 5) is 25.1. The van der Waals surface area contributed by atoms with Crippen LogP contribution in [0.15, 0.2) is 85.2 Å². The van der Waals surface area contributed by atoms with E-state index in [-0.39, 0.29) is 0 Å². The summed E-state index contributed by atoms with van der Waals surface area (Å²) in [7, 11) is 0. The molecule has 2 heterocycles. The molecule has 0 spiro atoms. The number of anilines is 2. The van der Waals surface area contributed by atoms with Crippen LogP contribution < -0.4 is 11.1 Å². The van der Waals surface area contributed by atoms with Crippen molar-refractivity contribution in [1.29, 1.82) is 0 Å². The fourth-order valence-electron chi connectivity index (χ4n) is 3.59. The SMILES string of the molecule is NC(=O)c1cccc(-c2ccc3c(Nc4ccc(F)c(F)c4)nc(-c4cccnc4)nc3c2)c1. The van der Waals surface area contributed by atoms with E-state index in [0.29, 0.717) is 39.4 Å². The largest absolute Gasteiger partial charge is 0.366 e. The number of benzene rings is 3. The molecular formula is C26H17F2N5O. The van der Waals surface area contributed by atoms with E-state index in [1.54, 1.807) is 36.7 Å². The van der Waals surface area contributed by atoms with Crippen molar-refractivity contribution in [3.8, 4) is 22.5 Å². The summed E-state index contributed by atoms with van der Waals surface area (Å²) in [5.74, 6) is -1.58. The Hall–Kier alpha value is -4.72. The van der Waals surface area contributed by atoms with Gasteiger partial charge in [-0.15, -0.1) is 0 Å². The molecule has 1 amide bonds. The van der Waals surface area contributed by atoms with Crippen LogP contribution in [-0.2, 0) is 0 Å². The number of hydrogen-bond acceptors (Lipinski definition) is 5. The summed E-state index contributed by atoms with van der Waals surface area (Å²) in [5, 5.41) is 3.74. The van der Waals surface area contributed by atoms with Crippen LogP contribution in [0.2, 0.25) is 0 Å². The Kier molecular flexibility index (Phi) is 5.39. The number of halogens is 2. The van der Waals surface area contributed by atoms with Gasteiger partial charge >= 0.3 is 0 Å². The van der Waals surface area contributed by atoms with Gasteiger partial charge in [0.15, 0.2) is 17.5 Å². The van der Waals surface area contributed by atoms with Gasteiger partial charge in [0.05, 0.1) is 5.52 Å². The van der Waals surface area contributed by atoms with Crippen molar-refractivity contribution in [3.05, 3.63) is 102 Å². The second-order valence-electron chi connectivity index (χ2n) is 7.57. The van der Waals surface area contributed by atoms with Crippen LogP contribution in [0.5, 0.6) is 0 Å². The minimum Gasteiger partial charge on any atom is -0.366 e. The molecule has 3 N–H and O–H groups in total. The number of fused-ring (bicyclic) bond motifs is 1. The lowest BCUT2D eigenvalue weighted by atomic mass is 10.0. The minimum absolute atomic E-state index is 0.342. The molecule has 6 nitrogen and oxygen atoms in total. The van der Waals surface area contributed by atoms with Gasteiger partial charge in [0, 0.05) is 40.7 Å². The number of primary amides is 1. The molecule has 5 aromatic rings. The number of amides is 1. The highest BCUT2D eigenvalue weighted by Gasteiger charge is 2.13. The van der Waals surface area contributed by atoms with Crippen molar-refractivity contribution in [2.45, 2.75) is 0 Å². The summed E-state index contributed by atoms with van der Waals surface area (Å²) in [5.41, 5.74) is 9.10. The Balaban J connectivity index is 1.66. The van der Waals surface area contributed by atoms with Crippen molar-refractivity contribution in [1.82, 2.24) is 15.0 Å². The Morgan fingerprint density at radius 2 is 1.65 bits per heavy atom. The highest BCUT2D eigenvalue weighted by atomic mass is 19.2. The van der Waals surface area contributed by atoms with E-state index in [4.69, 9.17) is 10.7 Å². The van der Waals surface area contributed by atoms with Gasteiger partial charge < -0.3 is 11.1 Å². The molecule has 0 aliphatic carbocycles. The van der Waals surface area contributed by atoms with Crippen molar-refractivity contribution in [2.75, 3.05) is 5.32 Å². The summed E-state index contributed by atoms with van der Waals surface area (Å²) in [6.07, 6.45) is 3.29. The fraction of sp³-hybridized carbons (Fsp3) is 0. The molecule has 0 saturated heterocycles. The molecule has 0 saturated carbocycles. The van der Waals surface area contributed by atoms with Crippen LogP contribution in [0.4, 0.5) is 20.3 Å². The van der Waals surface area contributed by atoms with Gasteiger partial charge in [0.25, 0.3) is 0 Å². The van der Waals surface area contributed by atoms with Crippen molar-refractivity contribution >= 4 is 28.3 Å². The molecule has 0 aliphatic rings. The maximum Gasteiger partial charge on any atom is 0.248 e. The molecule has 34 heavy (non-hydrogen) atoms. The van der Waals surface area contributed by atoms with E-state index in [0.717, 1.165) is 23.3 Å². The average Bonchev–Trinajstić information content (AvgIpc) is 2.86. The van der Waals surface area contributed by atoms with Crippen LogP contribution in [0, 0.1) is 11.6 Å². The number of nitrogens with one attached hydrogen (secondary N) is 1. The average molecular weight is 453 g/mol. The standard InChI is InChI=1S/C26H17F2N5O/c27-21-9-7-19(13-22(21)28)31-26-20-8-6-16(15-3-1-4-17(11-15)24(29)34)12-23(20)32-25(33-26)18-5-2-10-30-14-18/h1-14H,(H2,29,34)(H,31,32,33). The van der Waals surface area contributed by atoms with Crippen LogP contribution in [0.3, 0.4) is 0 Å². The van der Waals surface area contributed by atoms with E-state index >= 15 is 0 Å². The van der Waals surface area contributed by atoms with E-state index in [9.17, 15) is 13.6 Å². The zero-order valence-corrected chi connectivity index (χ0v) is 17.7. The highest BCUT2D eigenvalue weighted by molar-refractivity contribution is 5.96. The Bertz CT molecular complexity index is 1540. The summed E-state index contributed by atoms with van der Waals surface area (Å²) in [6, 6.07) is 19.7. The third-order valence-electron chi connectivity index (χ3n) is 5.28. The first-order valence-corrected chi connectivity index (χ1v) is 10.3. The van der Waals surface area contributed by atoms with Crippen LogP contribution in [-0.4, -0.2) is 20.9 Å². The first kappa shape index (κ1) is 21.1. The van der Waals surface area contributed by atoms with E-state index in [1.165, 1.54) is 6.07 Å². The Morgan fingerprint density at radius 1 is 0.824 bits per heavy atom. The van der Waals surface area contributed by atoms with Gasteiger partial charge in [0.2, 0.25) is 5.91 Å². The maximum absolute atomic E-state index is 13.8. The van der Waals surface area contributed by atoms with Gasteiger partial charge in [-0.3, -0.25) is 9.78 Å². The number of nitrogens with two attached hydrogens (primary N) is 1. The Labute approximate surface area is 193 Å². The zero-order chi connectivity index (χ0) is 23.7. The number of aromatic nitrogens is 3. The number of nitrogens with zero attached hydrogens (tertiary/aromatic N) is 3. The summed E-state index contributed by atoms with van der Waals surface area (Å²) >= 11 is 0. The number of carbonyl (C=O) groups excluding carboxylic acids is 1. The lowest BCUT2D eigenvalue weighted by Crippen LogP contribution is -2.10. The Morgan fingerprint density at radius 3 is 2.41 bits per heavy atom. The van der Waals surface area contributed by atoms with Crippen LogP contribution in [0.25, 0.3) is 33.4 Å². The van der Waals surface area contributed by atoms with Gasteiger partial charge in [0.1, 0.15) is 5.82 Å². The molecule has 8 heteroatoms. The molecule has 0 atom stereocenters. The summed E-state index contributed by atoms with van der Waals surface area (Å²) in [6.45, 7) is 0. The summed E-state index contributed by atoms with van der Waals surface area (Å²) < 4.78 is 27.2. The normalized spacial score (nSPS) is 10.9. The van der Waals surface area contributed by atoms with E-state index in [2.05, 4.69) is 15.3 Å². The van der Waals surface area contributed by atoms with Crippen molar-refractivity contribution < 1.29 is 13.6 Å². The molecule has 0 unspecified atom stereocenters. The maximum atomic E-state index is 13.8. The molecule has 166 valence electrons. The highest BCUT2D eigenvalue weighted by Crippen LogP contribution is 2.31. The van der Waals surface area contributed by atoms with Gasteiger partial charge in [-0.05, 0) is 59.7 Å². The monoisotopic (exact) mass is 453 g/mol. The lowest BCUT2D eigenvalue weighted by Gasteiger charge is -2.13. The first-order chi connectivity index (χ1) is 16.5. The lowest BCUT2D eigenvalue weighted by molar-refractivity contribution is 0.100. The quantitative estimate of drug-likeness (QED) is 0.368. The van der Waals surface area contributed by atoms with Gasteiger partial charge in [-0.2, -0.15) is 0 Å². The molecule has 3 aromatic carbocycles. The number of pyridine rings is 1. The minimum atomic E-state index is -0.965. The molecule has 0 bridgehead atoms. The molecule has 0 radical (unpaired) electrons. The van der Waals surface area contributed by atoms with Gasteiger partial charge in [-0.25, -0.2) is 18.7 Å².